The summed E-state index contributed by atoms with van der Waals surface area (Å²) in [6.45, 7) is 5.16. The van der Waals surface area contributed by atoms with Crippen molar-refractivity contribution in [3.05, 3.63) is 29.3 Å². The summed E-state index contributed by atoms with van der Waals surface area (Å²) in [5.74, 6) is 1.10. The van der Waals surface area contributed by atoms with E-state index in [9.17, 15) is 0 Å². The van der Waals surface area contributed by atoms with Crippen LogP contribution in [-0.4, -0.2) is 17.5 Å². The topological polar surface area (TPSA) is 24.4 Å². The van der Waals surface area contributed by atoms with Gasteiger partial charge in [-0.2, -0.15) is 0 Å². The fraction of sp³-hybridized carbons (Fsp3) is 0.364. The van der Waals surface area contributed by atoms with Crippen LogP contribution < -0.4 is 5.32 Å². The largest absolute Gasteiger partial charge is 0.335 e. The summed E-state index contributed by atoms with van der Waals surface area (Å²) in [5.41, 5.74) is 3.73. The zero-order valence-corrected chi connectivity index (χ0v) is 10.5. The van der Waals surface area contributed by atoms with Crippen LogP contribution in [0.5, 0.6) is 0 Å². The minimum atomic E-state index is 0. The summed E-state index contributed by atoms with van der Waals surface area (Å²) >= 11 is 1.79. The fourth-order valence-electron chi connectivity index (χ4n) is 1.40. The van der Waals surface area contributed by atoms with Gasteiger partial charge < -0.3 is 5.32 Å². The Morgan fingerprint density at radius 1 is 1.33 bits per heavy atom. The van der Waals surface area contributed by atoms with E-state index >= 15 is 0 Å². The van der Waals surface area contributed by atoms with Gasteiger partial charge in [0.2, 0.25) is 0 Å². The zero-order valence-electron chi connectivity index (χ0n) is 8.91. The van der Waals surface area contributed by atoms with Crippen molar-refractivity contribution in [1.29, 1.82) is 0 Å². The molecule has 0 aliphatic carbocycles. The number of rotatable bonds is 1. The lowest BCUT2D eigenvalue weighted by atomic mass is 10.1. The summed E-state index contributed by atoms with van der Waals surface area (Å²) in [6, 6.07) is 6.43. The third-order valence-electron chi connectivity index (χ3n) is 2.22. The molecule has 0 radical (unpaired) electrons. The predicted molar refractivity (Wildman–Crippen MR) is 71.5 cm³/mol. The molecular weight excluding hydrogens is 228 g/mol. The van der Waals surface area contributed by atoms with Gasteiger partial charge in [-0.05, 0) is 31.0 Å². The Labute approximate surface area is 101 Å². The Kier molecular flexibility index (Phi) is 4.48. The number of nitrogens with zero attached hydrogens (tertiary/aromatic N) is 1. The van der Waals surface area contributed by atoms with Crippen molar-refractivity contribution in [3.63, 3.8) is 0 Å². The molecule has 0 unspecified atom stereocenters. The number of benzene rings is 1. The smallest absolute Gasteiger partial charge is 0.161 e. The highest BCUT2D eigenvalue weighted by molar-refractivity contribution is 8.14. The summed E-state index contributed by atoms with van der Waals surface area (Å²) in [5, 5.41) is 4.42. The van der Waals surface area contributed by atoms with Gasteiger partial charge in [0.1, 0.15) is 0 Å². The number of aliphatic imine (C=N–C) groups is 1. The summed E-state index contributed by atoms with van der Waals surface area (Å²) in [6.07, 6.45) is 0. The van der Waals surface area contributed by atoms with Gasteiger partial charge in [0.15, 0.2) is 5.17 Å². The Balaban J connectivity index is 0.00000112. The Morgan fingerprint density at radius 2 is 2.13 bits per heavy atom. The first-order chi connectivity index (χ1) is 6.75. The van der Waals surface area contributed by atoms with Crippen LogP contribution in [0.4, 0.5) is 5.69 Å². The molecule has 0 spiro atoms. The van der Waals surface area contributed by atoms with Gasteiger partial charge in [-0.15, -0.1) is 12.4 Å². The van der Waals surface area contributed by atoms with Crippen LogP contribution in [0.1, 0.15) is 11.1 Å². The van der Waals surface area contributed by atoms with E-state index in [-0.39, 0.29) is 12.4 Å². The molecule has 1 aromatic carbocycles. The summed E-state index contributed by atoms with van der Waals surface area (Å²) in [4.78, 5) is 4.37. The quantitative estimate of drug-likeness (QED) is 0.818. The molecule has 82 valence electrons. The van der Waals surface area contributed by atoms with Crippen molar-refractivity contribution in [2.45, 2.75) is 13.8 Å². The molecule has 0 fully saturated rings. The Morgan fingerprint density at radius 3 is 2.80 bits per heavy atom. The van der Waals surface area contributed by atoms with Crippen molar-refractivity contribution in [2.24, 2.45) is 4.99 Å². The van der Waals surface area contributed by atoms with Gasteiger partial charge in [0, 0.05) is 11.4 Å². The van der Waals surface area contributed by atoms with E-state index in [0.29, 0.717) is 0 Å². The molecule has 0 amide bonds. The molecule has 1 aliphatic rings. The normalized spacial score (nSPS) is 14.4. The molecule has 4 heteroatoms. The maximum atomic E-state index is 4.37. The molecule has 2 nitrogen and oxygen atoms in total. The number of anilines is 1. The number of halogens is 1. The Hall–Kier alpha value is -0.670. The number of aryl methyl sites for hydroxylation is 2. The molecule has 0 aromatic heterocycles. The molecule has 0 saturated heterocycles. The molecule has 0 bridgehead atoms. The summed E-state index contributed by atoms with van der Waals surface area (Å²) in [7, 11) is 0. The van der Waals surface area contributed by atoms with Gasteiger partial charge >= 0.3 is 0 Å². The van der Waals surface area contributed by atoms with Crippen LogP contribution in [-0.2, 0) is 0 Å². The van der Waals surface area contributed by atoms with Crippen LogP contribution in [0.15, 0.2) is 23.2 Å². The lowest BCUT2D eigenvalue weighted by Gasteiger charge is -2.09. The minimum absolute atomic E-state index is 0. The van der Waals surface area contributed by atoms with Crippen molar-refractivity contribution >= 4 is 35.0 Å². The zero-order chi connectivity index (χ0) is 9.97. The van der Waals surface area contributed by atoms with Crippen molar-refractivity contribution < 1.29 is 0 Å². The minimum Gasteiger partial charge on any atom is -0.335 e. The van der Waals surface area contributed by atoms with E-state index in [1.807, 2.05) is 0 Å². The number of hydrogen-bond acceptors (Lipinski definition) is 3. The molecule has 0 atom stereocenters. The number of nitrogens with one attached hydrogen (secondary N) is 1. The lowest BCUT2D eigenvalue weighted by Crippen LogP contribution is -2.06. The monoisotopic (exact) mass is 242 g/mol. The Bertz CT molecular complexity index is 377. The lowest BCUT2D eigenvalue weighted by molar-refractivity contribution is 1.17. The van der Waals surface area contributed by atoms with E-state index in [2.05, 4.69) is 42.4 Å². The molecule has 1 heterocycles. The molecule has 2 rings (SSSR count). The highest BCUT2D eigenvalue weighted by Gasteiger charge is 2.07. The van der Waals surface area contributed by atoms with E-state index in [4.69, 9.17) is 0 Å². The van der Waals surface area contributed by atoms with Gasteiger partial charge in [0.25, 0.3) is 0 Å². The van der Waals surface area contributed by atoms with Crippen molar-refractivity contribution in [3.8, 4) is 0 Å². The average Bonchev–Trinajstić information content (AvgIpc) is 2.64. The van der Waals surface area contributed by atoms with Crippen molar-refractivity contribution in [2.75, 3.05) is 17.6 Å². The molecule has 1 aromatic rings. The van der Waals surface area contributed by atoms with Crippen LogP contribution in [0.25, 0.3) is 0 Å². The molecule has 15 heavy (non-hydrogen) atoms. The average molecular weight is 243 g/mol. The van der Waals surface area contributed by atoms with Gasteiger partial charge in [-0.25, -0.2) is 0 Å². The molecular formula is C11H15ClN2S. The maximum Gasteiger partial charge on any atom is 0.161 e. The van der Waals surface area contributed by atoms with E-state index < -0.39 is 0 Å². The number of thioether (sulfide) groups is 1. The molecule has 0 saturated carbocycles. The number of amidine groups is 1. The number of hydrogen-bond donors (Lipinski definition) is 1. The van der Waals surface area contributed by atoms with Crippen LogP contribution in [0, 0.1) is 13.8 Å². The standard InChI is InChI=1S/C11H14N2S.ClH/c1-8-3-4-9(2)10(7-8)13-11-12-5-6-14-11;/h3-4,7H,5-6H2,1-2H3,(H,12,13);1H. The third kappa shape index (κ3) is 3.14. The second kappa shape index (κ2) is 5.42. The molecule has 1 aliphatic heterocycles. The van der Waals surface area contributed by atoms with E-state index in [1.165, 1.54) is 16.8 Å². The first-order valence-corrected chi connectivity index (χ1v) is 5.76. The first-order valence-electron chi connectivity index (χ1n) is 4.77. The van der Waals surface area contributed by atoms with Gasteiger partial charge in [0.05, 0.1) is 6.54 Å². The second-order valence-corrected chi connectivity index (χ2v) is 4.56. The SMILES string of the molecule is Cc1ccc(C)c(NC2=NCCS2)c1.Cl. The van der Waals surface area contributed by atoms with Gasteiger partial charge in [-0.1, -0.05) is 23.9 Å². The van der Waals surface area contributed by atoms with E-state index in [0.717, 1.165) is 17.5 Å². The van der Waals surface area contributed by atoms with Gasteiger partial charge in [-0.3, -0.25) is 4.99 Å². The third-order valence-corrected chi connectivity index (χ3v) is 3.11. The van der Waals surface area contributed by atoms with Crippen LogP contribution in [0.2, 0.25) is 0 Å². The molecule has 1 N–H and O–H groups in total. The van der Waals surface area contributed by atoms with Crippen LogP contribution >= 0.6 is 24.2 Å². The fourth-order valence-corrected chi connectivity index (χ4v) is 2.14. The van der Waals surface area contributed by atoms with E-state index in [1.54, 1.807) is 11.8 Å². The highest BCUT2D eigenvalue weighted by Crippen LogP contribution is 2.20. The highest BCUT2D eigenvalue weighted by atomic mass is 35.5. The van der Waals surface area contributed by atoms with Crippen LogP contribution in [0.3, 0.4) is 0 Å². The second-order valence-electron chi connectivity index (χ2n) is 3.48. The maximum absolute atomic E-state index is 4.37. The predicted octanol–water partition coefficient (Wildman–Crippen LogP) is 3.24. The first kappa shape index (κ1) is 12.4. The van der Waals surface area contributed by atoms with Crippen molar-refractivity contribution in [1.82, 2.24) is 0 Å². The summed E-state index contributed by atoms with van der Waals surface area (Å²) < 4.78 is 0.